The van der Waals surface area contributed by atoms with Gasteiger partial charge in [-0.15, -0.1) is 21.5 Å². The molecule has 0 aliphatic heterocycles. The van der Waals surface area contributed by atoms with Crippen LogP contribution in [0.15, 0.2) is 29.4 Å². The van der Waals surface area contributed by atoms with Crippen LogP contribution in [0.5, 0.6) is 5.75 Å². The van der Waals surface area contributed by atoms with Crippen LogP contribution in [-0.4, -0.2) is 39.0 Å². The van der Waals surface area contributed by atoms with Crippen LogP contribution in [0.4, 0.5) is 5.00 Å². The van der Waals surface area contributed by atoms with Gasteiger partial charge in [-0.05, 0) is 56.7 Å². The van der Waals surface area contributed by atoms with E-state index in [9.17, 15) is 9.59 Å². The summed E-state index contributed by atoms with van der Waals surface area (Å²) in [6.45, 7) is 4.36. The highest BCUT2D eigenvalue weighted by Crippen LogP contribution is 2.38. The molecular formula is C24H28N4O4S2. The van der Waals surface area contributed by atoms with Gasteiger partial charge in [0.25, 0.3) is 0 Å². The molecule has 10 heteroatoms. The number of anilines is 1. The molecule has 0 fully saturated rings. The van der Waals surface area contributed by atoms with Crippen molar-refractivity contribution < 1.29 is 19.1 Å². The number of thioether (sulfide) groups is 1. The van der Waals surface area contributed by atoms with Crippen molar-refractivity contribution in [3.05, 3.63) is 51.7 Å². The number of hydrogen-bond acceptors (Lipinski definition) is 8. The van der Waals surface area contributed by atoms with Gasteiger partial charge in [-0.25, -0.2) is 4.79 Å². The molecule has 0 radical (unpaired) electrons. The first kappa shape index (κ1) is 24.3. The molecule has 3 aromatic rings. The zero-order valence-electron chi connectivity index (χ0n) is 19.6. The van der Waals surface area contributed by atoms with Gasteiger partial charge >= 0.3 is 5.97 Å². The van der Waals surface area contributed by atoms with Crippen LogP contribution < -0.4 is 10.1 Å². The van der Waals surface area contributed by atoms with Crippen LogP contribution in [0.25, 0.3) is 0 Å². The predicted molar refractivity (Wildman–Crippen MR) is 133 cm³/mol. The third kappa shape index (κ3) is 5.44. The van der Waals surface area contributed by atoms with Crippen LogP contribution in [0, 0.1) is 6.92 Å². The minimum atomic E-state index is -0.364. The number of rotatable bonds is 9. The number of aromatic nitrogens is 3. The zero-order chi connectivity index (χ0) is 24.1. The van der Waals surface area contributed by atoms with E-state index in [0.29, 0.717) is 28.2 Å². The van der Waals surface area contributed by atoms with Gasteiger partial charge in [-0.3, -0.25) is 4.79 Å². The van der Waals surface area contributed by atoms with Crippen LogP contribution in [-0.2, 0) is 36.0 Å². The van der Waals surface area contributed by atoms with Crippen molar-refractivity contribution in [3.8, 4) is 5.75 Å². The van der Waals surface area contributed by atoms with Gasteiger partial charge in [0, 0.05) is 11.9 Å². The summed E-state index contributed by atoms with van der Waals surface area (Å²) in [4.78, 5) is 26.5. The Labute approximate surface area is 207 Å². The molecule has 0 saturated heterocycles. The van der Waals surface area contributed by atoms with E-state index in [1.807, 2.05) is 42.8 Å². The van der Waals surface area contributed by atoms with Crippen molar-refractivity contribution in [3.63, 3.8) is 0 Å². The molecule has 2 aromatic heterocycles. The molecule has 4 rings (SSSR count). The number of amides is 1. The van der Waals surface area contributed by atoms with Gasteiger partial charge in [-0.1, -0.05) is 30.0 Å². The lowest BCUT2D eigenvalue weighted by Gasteiger charge is -2.12. The minimum Gasteiger partial charge on any atom is -0.485 e. The number of ether oxygens (including phenoxy) is 2. The van der Waals surface area contributed by atoms with Gasteiger partial charge in [0.05, 0.1) is 17.9 Å². The summed E-state index contributed by atoms with van der Waals surface area (Å²) in [6.07, 6.45) is 3.92. The number of aryl methyl sites for hydroxylation is 2. The number of hydrogen-bond donors (Lipinski definition) is 1. The van der Waals surface area contributed by atoms with Crippen LogP contribution >= 0.6 is 23.1 Å². The van der Waals surface area contributed by atoms with Crippen molar-refractivity contribution in [2.45, 2.75) is 51.3 Å². The first-order valence-electron chi connectivity index (χ1n) is 11.3. The smallest absolute Gasteiger partial charge is 0.341 e. The molecule has 0 saturated carbocycles. The molecule has 34 heavy (non-hydrogen) atoms. The van der Waals surface area contributed by atoms with E-state index < -0.39 is 0 Å². The Morgan fingerprint density at radius 2 is 2.00 bits per heavy atom. The first-order valence-corrected chi connectivity index (χ1v) is 13.1. The number of para-hydroxylation sites is 1. The molecule has 0 spiro atoms. The van der Waals surface area contributed by atoms with Gasteiger partial charge in [0.2, 0.25) is 5.91 Å². The fourth-order valence-corrected chi connectivity index (χ4v) is 5.85. The third-order valence-electron chi connectivity index (χ3n) is 5.61. The lowest BCUT2D eigenvalue weighted by Crippen LogP contribution is -2.17. The average molecular weight is 501 g/mol. The molecule has 0 unspecified atom stereocenters. The van der Waals surface area contributed by atoms with Crippen LogP contribution in [0.2, 0.25) is 0 Å². The Hall–Kier alpha value is -2.85. The predicted octanol–water partition coefficient (Wildman–Crippen LogP) is 4.55. The van der Waals surface area contributed by atoms with Crippen molar-refractivity contribution >= 4 is 40.0 Å². The summed E-state index contributed by atoms with van der Waals surface area (Å²) < 4.78 is 12.9. The molecule has 1 amide bonds. The monoisotopic (exact) mass is 500 g/mol. The summed E-state index contributed by atoms with van der Waals surface area (Å²) in [6, 6.07) is 7.80. The number of carbonyl (C=O) groups excluding carboxylic acids is 2. The summed E-state index contributed by atoms with van der Waals surface area (Å²) in [5.74, 6) is 1.05. The molecule has 1 aliphatic carbocycles. The fourth-order valence-electron chi connectivity index (χ4n) is 3.82. The average Bonchev–Trinajstić information content (AvgIpc) is 3.36. The number of carbonyl (C=O) groups is 2. The van der Waals surface area contributed by atoms with Gasteiger partial charge in [0.1, 0.15) is 17.4 Å². The van der Waals surface area contributed by atoms with Gasteiger partial charge in [0.15, 0.2) is 11.0 Å². The van der Waals surface area contributed by atoms with E-state index >= 15 is 0 Å². The highest BCUT2D eigenvalue weighted by molar-refractivity contribution is 7.99. The molecule has 2 heterocycles. The Morgan fingerprint density at radius 3 is 2.79 bits per heavy atom. The zero-order valence-corrected chi connectivity index (χ0v) is 21.2. The number of thiophene rings is 1. The van der Waals surface area contributed by atoms with Crippen LogP contribution in [0.3, 0.4) is 0 Å². The summed E-state index contributed by atoms with van der Waals surface area (Å²) in [7, 11) is 1.85. The lowest BCUT2D eigenvalue weighted by molar-refractivity contribution is -0.113. The lowest BCUT2D eigenvalue weighted by atomic mass is 9.95. The topological polar surface area (TPSA) is 95.3 Å². The second-order valence-corrected chi connectivity index (χ2v) is 10.0. The Bertz CT molecular complexity index is 1190. The largest absolute Gasteiger partial charge is 0.485 e. The standard InChI is InChI=1S/C24H28N4O4S2/c1-4-31-23(30)21-16-10-6-8-12-18(16)34-22(21)25-20(29)14-33-24-27-26-19(28(24)3)13-32-17-11-7-5-9-15(17)2/h5,7,9,11H,4,6,8,10,12-14H2,1-3H3,(H,25,29). The van der Waals surface area contributed by atoms with Crippen molar-refractivity contribution in [2.75, 3.05) is 17.7 Å². The second-order valence-electron chi connectivity index (χ2n) is 7.98. The number of nitrogens with zero attached hydrogens (tertiary/aromatic N) is 3. The maximum Gasteiger partial charge on any atom is 0.341 e. The van der Waals surface area contributed by atoms with E-state index in [0.717, 1.165) is 42.6 Å². The van der Waals surface area contributed by atoms with E-state index in [4.69, 9.17) is 9.47 Å². The fraction of sp³-hybridized carbons (Fsp3) is 0.417. The second kappa shape index (κ2) is 11.1. The Kier molecular flexibility index (Phi) is 7.89. The maximum atomic E-state index is 12.7. The molecule has 0 atom stereocenters. The van der Waals surface area contributed by atoms with E-state index in [2.05, 4.69) is 15.5 Å². The number of esters is 1. The molecule has 8 nitrogen and oxygen atoms in total. The van der Waals surface area contributed by atoms with Gasteiger partial charge in [-0.2, -0.15) is 0 Å². The highest BCUT2D eigenvalue weighted by Gasteiger charge is 2.27. The van der Waals surface area contributed by atoms with Crippen molar-refractivity contribution in [1.82, 2.24) is 14.8 Å². The number of fused-ring (bicyclic) bond motifs is 1. The first-order chi connectivity index (χ1) is 16.5. The normalized spacial score (nSPS) is 12.8. The van der Waals surface area contributed by atoms with Crippen LogP contribution in [0.1, 0.15) is 52.0 Å². The van der Waals surface area contributed by atoms with Crippen molar-refractivity contribution in [1.29, 1.82) is 0 Å². The maximum absolute atomic E-state index is 12.7. The SMILES string of the molecule is CCOC(=O)c1c(NC(=O)CSc2nnc(COc3ccccc3C)n2C)sc2c1CCCC2. The molecule has 1 aliphatic rings. The third-order valence-corrected chi connectivity index (χ3v) is 7.84. The van der Waals surface area contributed by atoms with E-state index in [1.165, 1.54) is 28.0 Å². The number of nitrogens with one attached hydrogen (secondary N) is 1. The van der Waals surface area contributed by atoms with Crippen molar-refractivity contribution in [2.24, 2.45) is 7.05 Å². The molecule has 1 N–H and O–H groups in total. The Morgan fingerprint density at radius 1 is 1.21 bits per heavy atom. The molecule has 180 valence electrons. The van der Waals surface area contributed by atoms with Gasteiger partial charge < -0.3 is 19.4 Å². The highest BCUT2D eigenvalue weighted by atomic mass is 32.2. The molecule has 0 bridgehead atoms. The molecular weight excluding hydrogens is 472 g/mol. The number of benzene rings is 1. The summed E-state index contributed by atoms with van der Waals surface area (Å²) >= 11 is 2.78. The summed E-state index contributed by atoms with van der Waals surface area (Å²) in [5, 5.41) is 12.5. The minimum absolute atomic E-state index is 0.148. The van der Waals surface area contributed by atoms with E-state index in [1.54, 1.807) is 6.92 Å². The van der Waals surface area contributed by atoms with E-state index in [-0.39, 0.29) is 24.2 Å². The Balaban J connectivity index is 1.38. The summed E-state index contributed by atoms with van der Waals surface area (Å²) in [5.41, 5.74) is 2.60. The molecule has 1 aromatic carbocycles. The quantitative estimate of drug-likeness (QED) is 0.340.